The van der Waals surface area contributed by atoms with Gasteiger partial charge in [-0.1, -0.05) is 29.8 Å². The third-order valence-electron chi connectivity index (χ3n) is 3.84. The summed E-state index contributed by atoms with van der Waals surface area (Å²) in [7, 11) is -3.83. The van der Waals surface area contributed by atoms with Crippen molar-refractivity contribution in [3.8, 4) is 0 Å². The monoisotopic (exact) mass is 381 g/mol. The number of nitrogens with zero attached hydrogens (tertiary/aromatic N) is 1. The van der Waals surface area contributed by atoms with Crippen LogP contribution in [0.1, 0.15) is 24.0 Å². The number of benzene rings is 2. The molecule has 7 heteroatoms. The first-order valence-corrected chi connectivity index (χ1v) is 9.61. The third-order valence-corrected chi connectivity index (χ3v) is 5.91. The van der Waals surface area contributed by atoms with Crippen molar-refractivity contribution in [3.63, 3.8) is 0 Å². The standard InChI is InChI=1S/C18H20ClNO4S/c1-13-5-3-6-14(2)18(13)20(12-4-7-17(21)22)25(23,24)16-10-8-15(19)9-11-16/h3,5-6,8-11H,4,7,12H2,1-2H3,(H,21,22). The molecule has 0 aliphatic rings. The van der Waals surface area contributed by atoms with Gasteiger partial charge in [-0.2, -0.15) is 0 Å². The number of carboxylic acids is 1. The number of rotatable bonds is 7. The summed E-state index contributed by atoms with van der Waals surface area (Å²) in [5, 5.41) is 9.32. The topological polar surface area (TPSA) is 74.7 Å². The Kier molecular flexibility index (Phi) is 6.08. The fourth-order valence-electron chi connectivity index (χ4n) is 2.66. The molecule has 0 heterocycles. The van der Waals surface area contributed by atoms with Crippen molar-refractivity contribution in [2.75, 3.05) is 10.8 Å². The number of carboxylic acid groups (broad SMARTS) is 1. The highest BCUT2D eigenvalue weighted by Gasteiger charge is 2.27. The van der Waals surface area contributed by atoms with Crippen molar-refractivity contribution in [2.45, 2.75) is 31.6 Å². The molecule has 0 bridgehead atoms. The number of hydrogen-bond acceptors (Lipinski definition) is 3. The first-order chi connectivity index (χ1) is 11.7. The summed E-state index contributed by atoms with van der Waals surface area (Å²) in [4.78, 5) is 10.9. The first-order valence-electron chi connectivity index (χ1n) is 7.80. The predicted molar refractivity (Wildman–Crippen MR) is 98.8 cm³/mol. The normalized spacial score (nSPS) is 11.3. The zero-order chi connectivity index (χ0) is 18.6. The van der Waals surface area contributed by atoms with Crippen molar-refractivity contribution in [1.82, 2.24) is 0 Å². The second-order valence-corrected chi connectivity index (χ2v) is 8.07. The van der Waals surface area contributed by atoms with Crippen molar-refractivity contribution in [2.24, 2.45) is 0 Å². The maximum atomic E-state index is 13.2. The quantitative estimate of drug-likeness (QED) is 0.786. The van der Waals surface area contributed by atoms with Gasteiger partial charge in [0.15, 0.2) is 0 Å². The van der Waals surface area contributed by atoms with E-state index in [2.05, 4.69) is 0 Å². The Balaban J connectivity index is 2.50. The molecule has 134 valence electrons. The molecule has 1 N–H and O–H groups in total. The van der Waals surface area contributed by atoms with Gasteiger partial charge < -0.3 is 5.11 Å². The molecule has 0 unspecified atom stereocenters. The third kappa shape index (κ3) is 4.52. The van der Waals surface area contributed by atoms with Crippen LogP contribution in [0.3, 0.4) is 0 Å². The number of para-hydroxylation sites is 1. The lowest BCUT2D eigenvalue weighted by Gasteiger charge is -2.27. The Labute approximate surface area is 152 Å². The van der Waals surface area contributed by atoms with E-state index in [0.29, 0.717) is 10.7 Å². The number of aryl methyl sites for hydroxylation is 2. The average Bonchev–Trinajstić information content (AvgIpc) is 2.53. The Morgan fingerprint density at radius 1 is 1.08 bits per heavy atom. The Hall–Kier alpha value is -2.05. The summed E-state index contributed by atoms with van der Waals surface area (Å²) in [5.74, 6) is -0.953. The molecule has 5 nitrogen and oxygen atoms in total. The van der Waals surface area contributed by atoms with Crippen LogP contribution in [0.15, 0.2) is 47.4 Å². The van der Waals surface area contributed by atoms with Crippen LogP contribution < -0.4 is 4.31 Å². The van der Waals surface area contributed by atoms with Crippen LogP contribution >= 0.6 is 11.6 Å². The highest BCUT2D eigenvalue weighted by Crippen LogP contribution is 2.30. The molecule has 0 saturated heterocycles. The van der Waals surface area contributed by atoms with E-state index in [0.717, 1.165) is 11.1 Å². The molecular weight excluding hydrogens is 362 g/mol. The number of aliphatic carboxylic acids is 1. The zero-order valence-corrected chi connectivity index (χ0v) is 15.6. The molecule has 0 amide bonds. The van der Waals surface area contributed by atoms with E-state index in [1.807, 2.05) is 32.0 Å². The van der Waals surface area contributed by atoms with E-state index in [1.54, 1.807) is 0 Å². The van der Waals surface area contributed by atoms with Crippen LogP contribution in [0.25, 0.3) is 0 Å². The Bertz CT molecular complexity index is 843. The number of sulfonamides is 1. The van der Waals surface area contributed by atoms with Gasteiger partial charge in [0.25, 0.3) is 10.0 Å². The van der Waals surface area contributed by atoms with E-state index in [1.165, 1.54) is 28.6 Å². The minimum atomic E-state index is -3.83. The molecule has 0 saturated carbocycles. The Morgan fingerprint density at radius 2 is 1.64 bits per heavy atom. The minimum absolute atomic E-state index is 0.0863. The van der Waals surface area contributed by atoms with Gasteiger partial charge in [-0.25, -0.2) is 8.42 Å². The van der Waals surface area contributed by atoms with E-state index in [-0.39, 0.29) is 24.3 Å². The number of hydrogen-bond donors (Lipinski definition) is 1. The highest BCUT2D eigenvalue weighted by molar-refractivity contribution is 7.92. The van der Waals surface area contributed by atoms with Crippen molar-refractivity contribution < 1.29 is 18.3 Å². The SMILES string of the molecule is Cc1cccc(C)c1N(CCCC(=O)O)S(=O)(=O)c1ccc(Cl)cc1. The van der Waals surface area contributed by atoms with Gasteiger partial charge in [-0.05, 0) is 55.7 Å². The van der Waals surface area contributed by atoms with Gasteiger partial charge in [0.1, 0.15) is 0 Å². The summed E-state index contributed by atoms with van der Waals surface area (Å²) in [5.41, 5.74) is 2.21. The molecule has 0 radical (unpaired) electrons. The van der Waals surface area contributed by atoms with Gasteiger partial charge in [0.05, 0.1) is 10.6 Å². The van der Waals surface area contributed by atoms with E-state index < -0.39 is 16.0 Å². The lowest BCUT2D eigenvalue weighted by Crippen LogP contribution is -2.33. The van der Waals surface area contributed by atoms with Crippen LogP contribution in [0, 0.1) is 13.8 Å². The number of halogens is 1. The van der Waals surface area contributed by atoms with Crippen LogP contribution in [-0.2, 0) is 14.8 Å². The maximum Gasteiger partial charge on any atom is 0.303 e. The molecule has 0 atom stereocenters. The Morgan fingerprint density at radius 3 is 2.16 bits per heavy atom. The van der Waals surface area contributed by atoms with E-state index in [4.69, 9.17) is 16.7 Å². The number of anilines is 1. The van der Waals surface area contributed by atoms with Crippen molar-refractivity contribution >= 4 is 33.3 Å². The molecule has 0 fully saturated rings. The first kappa shape index (κ1) is 19.3. The molecular formula is C18H20ClNO4S. The van der Waals surface area contributed by atoms with E-state index in [9.17, 15) is 13.2 Å². The molecule has 0 aliphatic carbocycles. The lowest BCUT2D eigenvalue weighted by atomic mass is 10.1. The van der Waals surface area contributed by atoms with Gasteiger partial charge in [-0.3, -0.25) is 9.10 Å². The summed E-state index contributed by atoms with van der Waals surface area (Å²) >= 11 is 5.85. The van der Waals surface area contributed by atoms with E-state index >= 15 is 0 Å². The van der Waals surface area contributed by atoms with Gasteiger partial charge in [-0.15, -0.1) is 0 Å². The molecule has 25 heavy (non-hydrogen) atoms. The lowest BCUT2D eigenvalue weighted by molar-refractivity contribution is -0.137. The molecule has 2 rings (SSSR count). The summed E-state index contributed by atoms with van der Waals surface area (Å²) in [6.45, 7) is 3.76. The summed E-state index contributed by atoms with van der Waals surface area (Å²) in [6.07, 6.45) is 0.119. The average molecular weight is 382 g/mol. The second kappa shape index (κ2) is 7.89. The maximum absolute atomic E-state index is 13.2. The van der Waals surface area contributed by atoms with Crippen LogP contribution in [0.4, 0.5) is 5.69 Å². The molecule has 2 aromatic carbocycles. The van der Waals surface area contributed by atoms with Crippen LogP contribution in [-0.4, -0.2) is 26.0 Å². The molecule has 0 spiro atoms. The van der Waals surface area contributed by atoms with Crippen molar-refractivity contribution in [1.29, 1.82) is 0 Å². The van der Waals surface area contributed by atoms with Crippen LogP contribution in [0.5, 0.6) is 0 Å². The second-order valence-electron chi connectivity index (χ2n) is 5.77. The molecule has 2 aromatic rings. The van der Waals surface area contributed by atoms with Gasteiger partial charge in [0, 0.05) is 18.0 Å². The van der Waals surface area contributed by atoms with Gasteiger partial charge >= 0.3 is 5.97 Å². The smallest absolute Gasteiger partial charge is 0.303 e. The minimum Gasteiger partial charge on any atom is -0.481 e. The molecule has 0 aliphatic heterocycles. The summed E-state index contributed by atoms with van der Waals surface area (Å²) in [6, 6.07) is 11.5. The molecule has 0 aromatic heterocycles. The fourth-order valence-corrected chi connectivity index (χ4v) is 4.42. The van der Waals surface area contributed by atoms with Gasteiger partial charge in [0.2, 0.25) is 0 Å². The highest BCUT2D eigenvalue weighted by atomic mass is 35.5. The predicted octanol–water partition coefficient (Wildman–Crippen LogP) is 4.02. The summed E-state index contributed by atoms with van der Waals surface area (Å²) < 4.78 is 27.6. The van der Waals surface area contributed by atoms with Crippen molar-refractivity contribution in [3.05, 3.63) is 58.6 Å². The fraction of sp³-hybridized carbons (Fsp3) is 0.278. The zero-order valence-electron chi connectivity index (χ0n) is 14.1. The largest absolute Gasteiger partial charge is 0.481 e. The number of carbonyl (C=O) groups is 1. The van der Waals surface area contributed by atoms with Crippen LogP contribution in [0.2, 0.25) is 5.02 Å².